The molecule has 0 saturated carbocycles. The molecule has 1 saturated heterocycles. The third-order valence-corrected chi connectivity index (χ3v) is 3.16. The average Bonchev–Trinajstić information content (AvgIpc) is 2.84. The maximum Gasteiger partial charge on any atom is 0.129 e. The van der Waals surface area contributed by atoms with Gasteiger partial charge in [-0.25, -0.2) is 0 Å². The zero-order chi connectivity index (χ0) is 11.9. The summed E-state index contributed by atoms with van der Waals surface area (Å²) >= 11 is 0. The maximum atomic E-state index is 5.60. The molecule has 4 nitrogen and oxygen atoms in total. The fraction of sp³-hybridized carbons (Fsp3) is 0.692. The van der Waals surface area contributed by atoms with Crippen LogP contribution in [0, 0.1) is 0 Å². The molecule has 0 aliphatic carbocycles. The van der Waals surface area contributed by atoms with Crippen LogP contribution in [0.25, 0.3) is 0 Å². The van der Waals surface area contributed by atoms with Crippen LogP contribution in [0.15, 0.2) is 16.5 Å². The van der Waals surface area contributed by atoms with Crippen molar-refractivity contribution in [3.8, 4) is 0 Å². The van der Waals surface area contributed by atoms with Gasteiger partial charge in [0, 0.05) is 6.54 Å². The molecule has 1 fully saturated rings. The summed E-state index contributed by atoms with van der Waals surface area (Å²) < 4.78 is 11.1. The highest BCUT2D eigenvalue weighted by molar-refractivity contribution is 5.05. The first-order chi connectivity index (χ1) is 8.38. The summed E-state index contributed by atoms with van der Waals surface area (Å²) in [4.78, 5) is 2.47. The Labute approximate surface area is 103 Å². The highest BCUT2D eigenvalue weighted by atomic mass is 16.5. The minimum Gasteiger partial charge on any atom is -0.462 e. The summed E-state index contributed by atoms with van der Waals surface area (Å²) in [5.74, 6) is 1.68. The Bertz CT molecular complexity index is 319. The summed E-state index contributed by atoms with van der Waals surface area (Å²) in [6.45, 7) is 5.26. The second-order valence-electron chi connectivity index (χ2n) is 4.53. The highest BCUT2D eigenvalue weighted by Crippen LogP contribution is 2.10. The zero-order valence-electron chi connectivity index (χ0n) is 10.4. The molecule has 1 aromatic rings. The van der Waals surface area contributed by atoms with Crippen LogP contribution >= 0.6 is 0 Å². The van der Waals surface area contributed by atoms with Gasteiger partial charge in [0.25, 0.3) is 0 Å². The predicted molar refractivity (Wildman–Crippen MR) is 66.5 cm³/mol. The van der Waals surface area contributed by atoms with E-state index in [2.05, 4.69) is 4.90 Å². The van der Waals surface area contributed by atoms with Gasteiger partial charge in [-0.2, -0.15) is 0 Å². The summed E-state index contributed by atoms with van der Waals surface area (Å²) in [5.41, 5.74) is 5.47. The van der Waals surface area contributed by atoms with Gasteiger partial charge in [-0.1, -0.05) is 6.42 Å². The van der Waals surface area contributed by atoms with Crippen LogP contribution in [0.3, 0.4) is 0 Å². The molecule has 0 radical (unpaired) electrons. The van der Waals surface area contributed by atoms with Crippen LogP contribution in [0.5, 0.6) is 0 Å². The molecule has 0 atom stereocenters. The van der Waals surface area contributed by atoms with Crippen molar-refractivity contribution >= 4 is 0 Å². The summed E-state index contributed by atoms with van der Waals surface area (Å²) in [6.07, 6.45) is 4.04. The number of furan rings is 1. The molecule has 4 heteroatoms. The van der Waals surface area contributed by atoms with Gasteiger partial charge in [-0.05, 0) is 38.1 Å². The summed E-state index contributed by atoms with van der Waals surface area (Å²) in [6, 6.07) is 3.84. The lowest BCUT2D eigenvalue weighted by Gasteiger charge is -2.25. The van der Waals surface area contributed by atoms with E-state index in [4.69, 9.17) is 14.9 Å². The quantitative estimate of drug-likeness (QED) is 0.767. The van der Waals surface area contributed by atoms with Crippen molar-refractivity contribution in [2.75, 3.05) is 26.2 Å². The lowest BCUT2D eigenvalue weighted by atomic mass is 10.1. The molecule has 2 N–H and O–H groups in total. The number of rotatable bonds is 6. The average molecular weight is 238 g/mol. The van der Waals surface area contributed by atoms with E-state index in [9.17, 15) is 0 Å². The van der Waals surface area contributed by atoms with Crippen molar-refractivity contribution in [2.24, 2.45) is 5.73 Å². The van der Waals surface area contributed by atoms with E-state index in [1.165, 1.54) is 32.4 Å². The Balaban J connectivity index is 1.59. The molecule has 1 aliphatic heterocycles. The Morgan fingerprint density at radius 2 is 1.94 bits per heavy atom. The van der Waals surface area contributed by atoms with Gasteiger partial charge in [-0.15, -0.1) is 0 Å². The van der Waals surface area contributed by atoms with Gasteiger partial charge in [0.1, 0.15) is 18.1 Å². The largest absolute Gasteiger partial charge is 0.462 e. The number of nitrogens with two attached hydrogens (primary N) is 1. The van der Waals surface area contributed by atoms with Crippen LogP contribution < -0.4 is 5.73 Å². The third kappa shape index (κ3) is 4.15. The molecule has 0 unspecified atom stereocenters. The van der Waals surface area contributed by atoms with Crippen molar-refractivity contribution in [1.29, 1.82) is 0 Å². The second-order valence-corrected chi connectivity index (χ2v) is 4.53. The first-order valence-electron chi connectivity index (χ1n) is 6.46. The highest BCUT2D eigenvalue weighted by Gasteiger charge is 2.09. The number of likely N-dealkylation sites (tertiary alicyclic amines) is 1. The predicted octanol–water partition coefficient (Wildman–Crippen LogP) is 1.74. The van der Waals surface area contributed by atoms with Crippen LogP contribution in [0.2, 0.25) is 0 Å². The van der Waals surface area contributed by atoms with Gasteiger partial charge >= 0.3 is 0 Å². The van der Waals surface area contributed by atoms with Crippen LogP contribution in [-0.2, 0) is 17.9 Å². The first kappa shape index (κ1) is 12.6. The molecular formula is C13H22N2O2. The van der Waals surface area contributed by atoms with Crippen LogP contribution in [-0.4, -0.2) is 31.1 Å². The zero-order valence-corrected chi connectivity index (χ0v) is 10.4. The summed E-state index contributed by atoms with van der Waals surface area (Å²) in [5, 5.41) is 0. The molecule has 2 rings (SSSR count). The van der Waals surface area contributed by atoms with Crippen LogP contribution in [0.1, 0.15) is 30.8 Å². The van der Waals surface area contributed by atoms with Crippen molar-refractivity contribution in [3.05, 3.63) is 23.7 Å². The normalized spacial score (nSPS) is 17.5. The van der Waals surface area contributed by atoms with E-state index >= 15 is 0 Å². The molecule has 0 bridgehead atoms. The topological polar surface area (TPSA) is 51.6 Å². The fourth-order valence-corrected chi connectivity index (χ4v) is 2.16. The van der Waals surface area contributed by atoms with E-state index in [0.717, 1.165) is 24.7 Å². The van der Waals surface area contributed by atoms with Crippen molar-refractivity contribution in [3.63, 3.8) is 0 Å². The summed E-state index contributed by atoms with van der Waals surface area (Å²) in [7, 11) is 0. The number of hydrogen-bond donors (Lipinski definition) is 1. The SMILES string of the molecule is NCc1ccc(COCCN2CCCCC2)o1. The molecule has 0 amide bonds. The van der Waals surface area contributed by atoms with Gasteiger partial charge in [0.05, 0.1) is 13.2 Å². The lowest BCUT2D eigenvalue weighted by molar-refractivity contribution is 0.0759. The number of ether oxygens (including phenoxy) is 1. The van der Waals surface area contributed by atoms with Gasteiger partial charge in [-0.3, -0.25) is 0 Å². The van der Waals surface area contributed by atoms with Crippen molar-refractivity contribution in [1.82, 2.24) is 4.90 Å². The first-order valence-corrected chi connectivity index (χ1v) is 6.46. The number of nitrogens with zero attached hydrogens (tertiary/aromatic N) is 1. The van der Waals surface area contributed by atoms with E-state index < -0.39 is 0 Å². The van der Waals surface area contributed by atoms with Crippen LogP contribution in [0.4, 0.5) is 0 Å². The molecular weight excluding hydrogens is 216 g/mol. The number of hydrogen-bond acceptors (Lipinski definition) is 4. The van der Waals surface area contributed by atoms with E-state index in [1.54, 1.807) is 0 Å². The molecule has 0 spiro atoms. The van der Waals surface area contributed by atoms with Gasteiger partial charge in [0.2, 0.25) is 0 Å². The third-order valence-electron chi connectivity index (χ3n) is 3.16. The maximum absolute atomic E-state index is 5.60. The number of piperidine rings is 1. The van der Waals surface area contributed by atoms with Gasteiger partial charge < -0.3 is 19.8 Å². The standard InChI is InChI=1S/C13H22N2O2/c14-10-12-4-5-13(17-12)11-16-9-8-15-6-2-1-3-7-15/h4-5H,1-3,6-11,14H2. The monoisotopic (exact) mass is 238 g/mol. The Hall–Kier alpha value is -0.840. The smallest absolute Gasteiger partial charge is 0.129 e. The molecule has 2 heterocycles. The fourth-order valence-electron chi connectivity index (χ4n) is 2.16. The minimum absolute atomic E-state index is 0.452. The molecule has 96 valence electrons. The lowest BCUT2D eigenvalue weighted by Crippen LogP contribution is -2.32. The molecule has 17 heavy (non-hydrogen) atoms. The second kappa shape index (κ2) is 6.79. The van der Waals surface area contributed by atoms with Crippen molar-refractivity contribution in [2.45, 2.75) is 32.4 Å². The minimum atomic E-state index is 0.452. The molecule has 0 aromatic carbocycles. The Morgan fingerprint density at radius 3 is 2.65 bits per heavy atom. The Kier molecular flexibility index (Phi) is 5.04. The van der Waals surface area contributed by atoms with E-state index in [-0.39, 0.29) is 0 Å². The Morgan fingerprint density at radius 1 is 1.18 bits per heavy atom. The van der Waals surface area contributed by atoms with E-state index in [1.807, 2.05) is 12.1 Å². The van der Waals surface area contributed by atoms with Gasteiger partial charge in [0.15, 0.2) is 0 Å². The van der Waals surface area contributed by atoms with Crippen molar-refractivity contribution < 1.29 is 9.15 Å². The molecule has 1 aromatic heterocycles. The molecule has 1 aliphatic rings. The van der Waals surface area contributed by atoms with E-state index in [0.29, 0.717) is 13.2 Å².